The van der Waals surface area contributed by atoms with Crippen molar-refractivity contribution in [1.29, 1.82) is 0 Å². The van der Waals surface area contributed by atoms with Crippen molar-refractivity contribution >= 4 is 33.9 Å². The highest BCUT2D eigenvalue weighted by Gasteiger charge is 2.26. The monoisotopic (exact) mass is 368 g/mol. The number of nitrogens with zero attached hydrogens (tertiary/aromatic N) is 3. The van der Waals surface area contributed by atoms with E-state index in [0.29, 0.717) is 12.2 Å². The van der Waals surface area contributed by atoms with Gasteiger partial charge in [0.1, 0.15) is 5.69 Å². The Balaban J connectivity index is 1.81. The molecule has 1 aliphatic rings. The molecule has 7 heteroatoms. The lowest BCUT2D eigenvalue weighted by atomic mass is 10.2. The number of fused-ring (bicyclic) bond motifs is 3. The van der Waals surface area contributed by atoms with Crippen LogP contribution in [0.15, 0.2) is 30.3 Å². The van der Waals surface area contributed by atoms with E-state index in [1.54, 1.807) is 20.2 Å². The minimum atomic E-state index is -0.263. The first-order valence-corrected chi connectivity index (χ1v) is 9.19. The van der Waals surface area contributed by atoms with E-state index in [2.05, 4.69) is 5.32 Å². The van der Waals surface area contributed by atoms with E-state index in [4.69, 9.17) is 4.74 Å². The molecule has 1 atom stereocenters. The maximum absolute atomic E-state index is 12.9. The van der Waals surface area contributed by atoms with Crippen LogP contribution in [0.1, 0.15) is 23.3 Å². The summed E-state index contributed by atoms with van der Waals surface area (Å²) < 4.78 is 9.11. The predicted molar refractivity (Wildman–Crippen MR) is 104 cm³/mol. The smallest absolute Gasteiger partial charge is 0.328 e. The number of para-hydroxylation sites is 1. The molecule has 27 heavy (non-hydrogen) atoms. The summed E-state index contributed by atoms with van der Waals surface area (Å²) in [5.74, 6) is -0.263. The van der Waals surface area contributed by atoms with Crippen molar-refractivity contribution in [3.8, 4) is 0 Å². The Morgan fingerprint density at radius 3 is 2.74 bits per heavy atom. The Kier molecular flexibility index (Phi) is 4.39. The van der Waals surface area contributed by atoms with Gasteiger partial charge in [0.05, 0.1) is 22.7 Å². The lowest BCUT2D eigenvalue weighted by Gasteiger charge is -2.16. The number of carbonyl (C=O) groups excluding carboxylic acids is 2. The fraction of sp³-hybridized carbons (Fsp3) is 0.400. The molecular weight excluding hydrogens is 344 g/mol. The van der Waals surface area contributed by atoms with E-state index in [9.17, 15) is 9.59 Å². The van der Waals surface area contributed by atoms with Gasteiger partial charge in [-0.2, -0.15) is 0 Å². The number of nitrogens with one attached hydrogen (secondary N) is 1. The number of benzene rings is 1. The quantitative estimate of drug-likeness (QED) is 0.773. The van der Waals surface area contributed by atoms with Gasteiger partial charge in [-0.1, -0.05) is 18.2 Å². The van der Waals surface area contributed by atoms with Crippen LogP contribution in [0.25, 0.3) is 21.9 Å². The molecule has 3 heterocycles. The second-order valence-corrected chi connectivity index (χ2v) is 7.20. The first-order chi connectivity index (χ1) is 13.0. The molecule has 1 fully saturated rings. The average Bonchev–Trinajstić information content (AvgIpc) is 3.37. The highest BCUT2D eigenvalue weighted by atomic mass is 16.5. The van der Waals surface area contributed by atoms with E-state index < -0.39 is 0 Å². The first-order valence-electron chi connectivity index (χ1n) is 9.19. The molecule has 2 amide bonds. The summed E-state index contributed by atoms with van der Waals surface area (Å²) in [5, 5.41) is 3.88. The fourth-order valence-electron chi connectivity index (χ4n) is 3.78. The topological polar surface area (TPSA) is 68.5 Å². The highest BCUT2D eigenvalue weighted by molar-refractivity contribution is 6.14. The molecule has 2 aromatic heterocycles. The van der Waals surface area contributed by atoms with Gasteiger partial charge in [0.15, 0.2) is 0 Å². The SMILES string of the molecule is CN(C)C(=O)n1c(C(=O)NC[C@@H]2CCCO2)cc2c1c1ccccc1n2C. The Labute approximate surface area is 157 Å². The number of carbonyl (C=O) groups is 2. The second-order valence-electron chi connectivity index (χ2n) is 7.20. The summed E-state index contributed by atoms with van der Waals surface area (Å²) in [5.41, 5.74) is 2.98. The number of hydrogen-bond acceptors (Lipinski definition) is 3. The summed E-state index contributed by atoms with van der Waals surface area (Å²) >= 11 is 0. The van der Waals surface area contributed by atoms with E-state index in [0.717, 1.165) is 41.4 Å². The van der Waals surface area contributed by atoms with Crippen molar-refractivity contribution in [2.45, 2.75) is 18.9 Å². The van der Waals surface area contributed by atoms with Crippen molar-refractivity contribution in [2.24, 2.45) is 7.05 Å². The molecule has 0 radical (unpaired) electrons. The third-order valence-electron chi connectivity index (χ3n) is 5.18. The van der Waals surface area contributed by atoms with Crippen LogP contribution in [-0.2, 0) is 11.8 Å². The van der Waals surface area contributed by atoms with Crippen molar-refractivity contribution in [1.82, 2.24) is 19.4 Å². The van der Waals surface area contributed by atoms with Gasteiger partial charge in [0.2, 0.25) is 0 Å². The maximum Gasteiger partial charge on any atom is 0.328 e. The van der Waals surface area contributed by atoms with Gasteiger partial charge in [-0.15, -0.1) is 0 Å². The molecule has 142 valence electrons. The molecule has 4 rings (SSSR count). The molecule has 1 aromatic carbocycles. The molecule has 0 unspecified atom stereocenters. The third-order valence-corrected chi connectivity index (χ3v) is 5.18. The Hall–Kier alpha value is -2.80. The molecule has 0 saturated carbocycles. The molecule has 1 aliphatic heterocycles. The number of ether oxygens (including phenoxy) is 1. The average molecular weight is 368 g/mol. The molecule has 3 aromatic rings. The van der Waals surface area contributed by atoms with Gasteiger partial charge in [0, 0.05) is 39.7 Å². The van der Waals surface area contributed by atoms with Crippen LogP contribution in [0.2, 0.25) is 0 Å². The predicted octanol–water partition coefficient (Wildman–Crippen LogP) is 2.57. The van der Waals surface area contributed by atoms with Gasteiger partial charge < -0.3 is 19.5 Å². The van der Waals surface area contributed by atoms with Crippen LogP contribution in [0.5, 0.6) is 0 Å². The molecule has 0 bridgehead atoms. The van der Waals surface area contributed by atoms with Crippen molar-refractivity contribution in [3.63, 3.8) is 0 Å². The minimum absolute atomic E-state index is 0.0529. The van der Waals surface area contributed by atoms with Crippen LogP contribution >= 0.6 is 0 Å². The Morgan fingerprint density at radius 2 is 2.04 bits per heavy atom. The largest absolute Gasteiger partial charge is 0.376 e. The zero-order valence-corrected chi connectivity index (χ0v) is 15.9. The van der Waals surface area contributed by atoms with E-state index in [-0.39, 0.29) is 18.0 Å². The van der Waals surface area contributed by atoms with E-state index in [1.807, 2.05) is 35.9 Å². The van der Waals surface area contributed by atoms with E-state index in [1.165, 1.54) is 9.47 Å². The Bertz CT molecular complexity index is 1020. The lowest BCUT2D eigenvalue weighted by molar-refractivity contribution is 0.0851. The first kappa shape index (κ1) is 17.6. The van der Waals surface area contributed by atoms with Crippen LogP contribution < -0.4 is 5.32 Å². The van der Waals surface area contributed by atoms with Crippen LogP contribution in [0.4, 0.5) is 4.79 Å². The molecule has 1 N–H and O–H groups in total. The summed E-state index contributed by atoms with van der Waals surface area (Å²) in [6.07, 6.45) is 2.02. The van der Waals surface area contributed by atoms with Crippen LogP contribution in [0.3, 0.4) is 0 Å². The normalized spacial score (nSPS) is 16.9. The number of aryl methyl sites for hydroxylation is 1. The Morgan fingerprint density at radius 1 is 1.26 bits per heavy atom. The van der Waals surface area contributed by atoms with Crippen molar-refractivity contribution in [3.05, 3.63) is 36.0 Å². The molecular formula is C20H24N4O3. The van der Waals surface area contributed by atoms with Gasteiger partial charge in [-0.3, -0.25) is 9.36 Å². The lowest BCUT2D eigenvalue weighted by Crippen LogP contribution is -2.36. The summed E-state index contributed by atoms with van der Waals surface area (Å²) in [7, 11) is 5.32. The number of rotatable bonds is 3. The van der Waals surface area contributed by atoms with Gasteiger partial charge in [-0.05, 0) is 25.0 Å². The maximum atomic E-state index is 12.9. The third kappa shape index (κ3) is 2.88. The molecule has 0 spiro atoms. The highest BCUT2D eigenvalue weighted by Crippen LogP contribution is 2.31. The minimum Gasteiger partial charge on any atom is -0.376 e. The molecule has 1 saturated heterocycles. The zero-order valence-electron chi connectivity index (χ0n) is 15.9. The fourth-order valence-corrected chi connectivity index (χ4v) is 3.78. The molecule has 7 nitrogen and oxygen atoms in total. The van der Waals surface area contributed by atoms with Gasteiger partial charge in [-0.25, -0.2) is 4.79 Å². The summed E-state index contributed by atoms with van der Waals surface area (Å²) in [4.78, 5) is 27.3. The van der Waals surface area contributed by atoms with Crippen LogP contribution in [0, 0.1) is 0 Å². The van der Waals surface area contributed by atoms with Crippen molar-refractivity contribution < 1.29 is 14.3 Å². The van der Waals surface area contributed by atoms with Crippen molar-refractivity contribution in [2.75, 3.05) is 27.2 Å². The van der Waals surface area contributed by atoms with Gasteiger partial charge in [0.25, 0.3) is 5.91 Å². The van der Waals surface area contributed by atoms with Gasteiger partial charge >= 0.3 is 6.03 Å². The number of hydrogen-bond donors (Lipinski definition) is 1. The second kappa shape index (κ2) is 6.74. The summed E-state index contributed by atoms with van der Waals surface area (Å²) in [6, 6.07) is 9.44. The molecule has 0 aliphatic carbocycles. The van der Waals surface area contributed by atoms with Crippen LogP contribution in [-0.4, -0.2) is 59.3 Å². The number of aromatic nitrogens is 2. The summed E-state index contributed by atoms with van der Waals surface area (Å²) in [6.45, 7) is 1.20. The number of amides is 2. The standard InChI is InChI=1S/C20H24N4O3/c1-22(2)20(26)24-17(19(25)21-12-13-7-6-10-27-13)11-16-18(24)14-8-4-5-9-15(14)23(16)3/h4-5,8-9,11,13H,6-7,10,12H2,1-3H3,(H,21,25)/t13-/m0/s1. The van der Waals surface area contributed by atoms with E-state index >= 15 is 0 Å². The zero-order chi connectivity index (χ0) is 19.1.